The van der Waals surface area contributed by atoms with Gasteiger partial charge in [0.15, 0.2) is 0 Å². The lowest BCUT2D eigenvalue weighted by Crippen LogP contribution is -2.13. The lowest BCUT2D eigenvalue weighted by Gasteiger charge is -2.07. The van der Waals surface area contributed by atoms with Gasteiger partial charge in [0.05, 0.1) is 37.6 Å². The lowest BCUT2D eigenvalue weighted by molar-refractivity contribution is -0.142. The molecule has 0 radical (unpaired) electrons. The van der Waals surface area contributed by atoms with Crippen LogP contribution in [0.15, 0.2) is 24.3 Å². The van der Waals surface area contributed by atoms with Crippen LogP contribution in [0.3, 0.4) is 0 Å². The molecular formula is C13H20O6. The summed E-state index contributed by atoms with van der Waals surface area (Å²) in [5.41, 5.74) is 0.274. The van der Waals surface area contributed by atoms with Gasteiger partial charge < -0.3 is 19.3 Å². The van der Waals surface area contributed by atoms with Crippen molar-refractivity contribution < 1.29 is 28.9 Å². The molecule has 0 spiro atoms. The van der Waals surface area contributed by atoms with Crippen molar-refractivity contribution in [2.75, 3.05) is 33.5 Å². The van der Waals surface area contributed by atoms with E-state index >= 15 is 0 Å². The minimum atomic E-state index is -0.618. The van der Waals surface area contributed by atoms with Gasteiger partial charge in [0, 0.05) is 7.11 Å². The van der Waals surface area contributed by atoms with Gasteiger partial charge in [-0.05, 0) is 12.8 Å². The normalized spacial score (nSPS) is 9.79. The molecule has 0 aromatic carbocycles. The second-order valence-electron chi connectivity index (χ2n) is 3.78. The molecule has 1 N–H and O–H groups in total. The molecule has 108 valence electrons. The van der Waals surface area contributed by atoms with Crippen molar-refractivity contribution in [3.8, 4) is 0 Å². The highest BCUT2D eigenvalue weighted by Crippen LogP contribution is 1.99. The van der Waals surface area contributed by atoms with E-state index in [2.05, 4.69) is 13.2 Å². The van der Waals surface area contributed by atoms with Crippen LogP contribution in [-0.4, -0.2) is 50.6 Å². The summed E-state index contributed by atoms with van der Waals surface area (Å²) in [6.07, 6.45) is 1.11. The van der Waals surface area contributed by atoms with Gasteiger partial charge in [-0.1, -0.05) is 13.2 Å². The summed E-state index contributed by atoms with van der Waals surface area (Å²) in [4.78, 5) is 22.4. The standard InChI is InChI=1S/C13H20O6/c1-10(8-14)12(15)18-6-4-5-7-19-13(16)11(2)9-17-3/h14H,1-2,4-9H2,3H3. The minimum absolute atomic E-state index is 0.0160. The van der Waals surface area contributed by atoms with Crippen molar-refractivity contribution in [1.82, 2.24) is 0 Å². The largest absolute Gasteiger partial charge is 0.462 e. The van der Waals surface area contributed by atoms with E-state index in [0.717, 1.165) is 0 Å². The maximum atomic E-state index is 11.3. The summed E-state index contributed by atoms with van der Waals surface area (Å²) in [7, 11) is 1.47. The molecule has 0 atom stereocenters. The van der Waals surface area contributed by atoms with Crippen LogP contribution in [0.5, 0.6) is 0 Å². The fourth-order valence-electron chi connectivity index (χ4n) is 1.04. The van der Waals surface area contributed by atoms with E-state index in [-0.39, 0.29) is 31.0 Å². The average Bonchev–Trinajstić information content (AvgIpc) is 2.41. The summed E-state index contributed by atoms with van der Waals surface area (Å²) in [6.45, 7) is 6.97. The predicted molar refractivity (Wildman–Crippen MR) is 68.4 cm³/mol. The summed E-state index contributed by atoms with van der Waals surface area (Å²) < 4.78 is 14.5. The van der Waals surface area contributed by atoms with Crippen LogP contribution in [0, 0.1) is 0 Å². The number of aliphatic hydroxyl groups excluding tert-OH is 1. The highest BCUT2D eigenvalue weighted by Gasteiger charge is 2.08. The predicted octanol–water partition coefficient (Wildman–Crippen LogP) is 0.604. The summed E-state index contributed by atoms with van der Waals surface area (Å²) in [5.74, 6) is -1.11. The van der Waals surface area contributed by atoms with Gasteiger partial charge in [-0.2, -0.15) is 0 Å². The smallest absolute Gasteiger partial charge is 0.335 e. The van der Waals surface area contributed by atoms with Crippen LogP contribution < -0.4 is 0 Å². The number of hydrogen-bond donors (Lipinski definition) is 1. The van der Waals surface area contributed by atoms with Gasteiger partial charge in [-0.25, -0.2) is 9.59 Å². The van der Waals surface area contributed by atoms with Crippen molar-refractivity contribution in [2.45, 2.75) is 12.8 Å². The van der Waals surface area contributed by atoms with E-state index in [1.165, 1.54) is 7.11 Å². The molecule has 0 saturated carbocycles. The fraction of sp³-hybridized carbons (Fsp3) is 0.538. The third-order valence-corrected chi connectivity index (χ3v) is 2.09. The van der Waals surface area contributed by atoms with E-state index in [0.29, 0.717) is 12.8 Å². The van der Waals surface area contributed by atoms with Crippen molar-refractivity contribution in [2.24, 2.45) is 0 Å². The summed E-state index contributed by atoms with van der Waals surface area (Å²) in [5, 5.41) is 8.63. The maximum absolute atomic E-state index is 11.3. The summed E-state index contributed by atoms with van der Waals surface area (Å²) >= 11 is 0. The van der Waals surface area contributed by atoms with Gasteiger partial charge in [-0.15, -0.1) is 0 Å². The molecule has 0 bridgehead atoms. The number of methoxy groups -OCH3 is 1. The Morgan fingerprint density at radius 3 is 1.89 bits per heavy atom. The van der Waals surface area contributed by atoms with Crippen LogP contribution in [0.2, 0.25) is 0 Å². The zero-order chi connectivity index (χ0) is 14.7. The Kier molecular flexibility index (Phi) is 9.38. The zero-order valence-corrected chi connectivity index (χ0v) is 11.1. The monoisotopic (exact) mass is 272 g/mol. The highest BCUT2D eigenvalue weighted by molar-refractivity contribution is 5.88. The number of ether oxygens (including phenoxy) is 3. The number of carbonyl (C=O) groups excluding carboxylic acids is 2. The van der Waals surface area contributed by atoms with Gasteiger partial charge >= 0.3 is 11.9 Å². The topological polar surface area (TPSA) is 82.1 Å². The quantitative estimate of drug-likeness (QED) is 0.356. The van der Waals surface area contributed by atoms with Gasteiger partial charge in [0.1, 0.15) is 0 Å². The molecular weight excluding hydrogens is 252 g/mol. The SMILES string of the molecule is C=C(CO)C(=O)OCCCCOC(=O)C(=C)COC. The molecule has 0 saturated heterocycles. The Balaban J connectivity index is 3.56. The Bertz CT molecular complexity index is 334. The molecule has 0 aromatic heterocycles. The molecule has 0 heterocycles. The molecule has 0 aliphatic rings. The van der Waals surface area contributed by atoms with E-state index in [4.69, 9.17) is 19.3 Å². The molecule has 6 nitrogen and oxygen atoms in total. The number of carbonyl (C=O) groups is 2. The van der Waals surface area contributed by atoms with Crippen molar-refractivity contribution in [3.63, 3.8) is 0 Å². The second kappa shape index (κ2) is 10.3. The molecule has 0 fully saturated rings. The minimum Gasteiger partial charge on any atom is -0.462 e. The van der Waals surface area contributed by atoms with E-state index in [1.54, 1.807) is 0 Å². The van der Waals surface area contributed by atoms with E-state index in [9.17, 15) is 9.59 Å². The average molecular weight is 272 g/mol. The molecule has 6 heteroatoms. The molecule has 0 aromatic rings. The van der Waals surface area contributed by atoms with Crippen molar-refractivity contribution in [1.29, 1.82) is 0 Å². The number of rotatable bonds is 10. The van der Waals surface area contributed by atoms with Crippen molar-refractivity contribution in [3.05, 3.63) is 24.3 Å². The molecule has 0 aliphatic carbocycles. The Morgan fingerprint density at radius 2 is 1.47 bits per heavy atom. The number of esters is 2. The van der Waals surface area contributed by atoms with Crippen LogP contribution in [0.1, 0.15) is 12.8 Å². The molecule has 0 amide bonds. The van der Waals surface area contributed by atoms with E-state index in [1.807, 2.05) is 0 Å². The number of unbranched alkanes of at least 4 members (excludes halogenated alkanes) is 1. The first kappa shape index (κ1) is 17.3. The van der Waals surface area contributed by atoms with Crippen LogP contribution in [0.25, 0.3) is 0 Å². The first-order chi connectivity index (χ1) is 9.02. The molecule has 0 unspecified atom stereocenters. The third-order valence-electron chi connectivity index (χ3n) is 2.09. The first-order valence-electron chi connectivity index (χ1n) is 5.82. The van der Waals surface area contributed by atoms with Crippen LogP contribution >= 0.6 is 0 Å². The second-order valence-corrected chi connectivity index (χ2v) is 3.78. The Hall–Kier alpha value is -1.66. The Labute approximate surface area is 112 Å². The maximum Gasteiger partial charge on any atom is 0.335 e. The van der Waals surface area contributed by atoms with Gasteiger partial charge in [0.25, 0.3) is 0 Å². The Morgan fingerprint density at radius 1 is 1.00 bits per heavy atom. The number of hydrogen-bond acceptors (Lipinski definition) is 6. The molecule has 0 aliphatic heterocycles. The fourth-order valence-corrected chi connectivity index (χ4v) is 1.04. The van der Waals surface area contributed by atoms with Crippen LogP contribution in [0.4, 0.5) is 0 Å². The van der Waals surface area contributed by atoms with Gasteiger partial charge in [-0.3, -0.25) is 0 Å². The third kappa shape index (κ3) is 8.12. The summed E-state index contributed by atoms with van der Waals surface area (Å²) in [6, 6.07) is 0. The number of aliphatic hydroxyl groups is 1. The van der Waals surface area contributed by atoms with Crippen LogP contribution in [-0.2, 0) is 23.8 Å². The van der Waals surface area contributed by atoms with Crippen molar-refractivity contribution >= 4 is 11.9 Å². The molecule has 0 rings (SSSR count). The first-order valence-corrected chi connectivity index (χ1v) is 5.82. The molecule has 19 heavy (non-hydrogen) atoms. The highest BCUT2D eigenvalue weighted by atomic mass is 16.5. The lowest BCUT2D eigenvalue weighted by atomic mass is 10.3. The van der Waals surface area contributed by atoms with E-state index < -0.39 is 18.5 Å². The van der Waals surface area contributed by atoms with Gasteiger partial charge in [0.2, 0.25) is 0 Å². The zero-order valence-electron chi connectivity index (χ0n) is 11.1.